The fourth-order valence-electron chi connectivity index (χ4n) is 1.30. The van der Waals surface area contributed by atoms with E-state index in [0.717, 1.165) is 19.3 Å². The van der Waals surface area contributed by atoms with E-state index < -0.39 is 39.6 Å². The number of hydrogen-bond donors (Lipinski definition) is 3. The Morgan fingerprint density at radius 3 is 2.21 bits per heavy atom. The number of rotatable bonds is 5. The van der Waals surface area contributed by atoms with E-state index in [-0.39, 0.29) is 0 Å². The Morgan fingerprint density at radius 2 is 1.95 bits per heavy atom. The molecule has 1 fully saturated rings. The van der Waals surface area contributed by atoms with E-state index in [2.05, 4.69) is 6.92 Å². The first-order valence-corrected chi connectivity index (χ1v) is 7.20. The van der Waals surface area contributed by atoms with Gasteiger partial charge < -0.3 is 5.11 Å². The number of carboxylic acid groups (broad SMARTS) is 1. The van der Waals surface area contributed by atoms with Crippen LogP contribution < -0.4 is 5.32 Å². The van der Waals surface area contributed by atoms with Gasteiger partial charge in [-0.1, -0.05) is 19.8 Å². The van der Waals surface area contributed by atoms with Gasteiger partial charge in [0.1, 0.15) is 0 Å². The first-order chi connectivity index (χ1) is 8.68. The van der Waals surface area contributed by atoms with Crippen molar-refractivity contribution in [2.45, 2.75) is 44.3 Å². The molecule has 1 rings (SSSR count). The quantitative estimate of drug-likeness (QED) is 0.367. The number of carbonyl (C=O) groups is 3. The lowest BCUT2D eigenvalue weighted by atomic mass is 10.2. The summed E-state index contributed by atoms with van der Waals surface area (Å²) in [5, 5.41) is 8.28. The van der Waals surface area contributed by atoms with Crippen LogP contribution in [0.4, 0.5) is 0 Å². The van der Waals surface area contributed by atoms with E-state index in [1.54, 1.807) is 5.32 Å². The van der Waals surface area contributed by atoms with Crippen molar-refractivity contribution in [1.29, 1.82) is 0 Å². The van der Waals surface area contributed by atoms with Crippen LogP contribution in [0.3, 0.4) is 0 Å². The third-order valence-corrected chi connectivity index (χ3v) is 3.38. The molecule has 19 heavy (non-hydrogen) atoms. The number of amides is 2. The van der Waals surface area contributed by atoms with E-state index >= 15 is 0 Å². The fourth-order valence-corrected chi connectivity index (χ4v) is 1.99. The Labute approximate surface area is 110 Å². The molecule has 0 aromatic rings. The fraction of sp³-hybridized carbons (Fsp3) is 0.700. The van der Waals surface area contributed by atoms with Crippen LogP contribution in [0.2, 0.25) is 0 Å². The highest BCUT2D eigenvalue weighted by Crippen LogP contribution is 2.09. The molecule has 0 aliphatic carbocycles. The monoisotopic (exact) mass is 295 g/mol. The van der Waals surface area contributed by atoms with Gasteiger partial charge in [0.15, 0.2) is 5.25 Å². The highest BCUT2D eigenvalue weighted by Gasteiger charge is 2.39. The summed E-state index contributed by atoms with van der Waals surface area (Å²) >= 11 is 0. The van der Waals surface area contributed by atoms with Gasteiger partial charge in [0, 0.05) is 6.42 Å². The lowest BCUT2D eigenvalue weighted by molar-refractivity contribution is -0.137. The topological polar surface area (TPSA) is 138 Å². The molecule has 1 saturated heterocycles. The van der Waals surface area contributed by atoms with E-state index in [1.165, 1.54) is 0 Å². The minimum absolute atomic E-state index is 0.327. The van der Waals surface area contributed by atoms with Crippen LogP contribution in [-0.2, 0) is 24.5 Å². The van der Waals surface area contributed by atoms with Crippen LogP contribution in [0.5, 0.6) is 0 Å². The molecule has 2 amide bonds. The predicted molar refractivity (Wildman–Crippen MR) is 64.9 cm³/mol. The van der Waals surface area contributed by atoms with E-state index in [1.807, 2.05) is 0 Å². The number of imide groups is 1. The average molecular weight is 295 g/mol. The van der Waals surface area contributed by atoms with Crippen LogP contribution in [0.15, 0.2) is 0 Å². The third kappa shape index (κ3) is 7.52. The van der Waals surface area contributed by atoms with Gasteiger partial charge in [-0.2, -0.15) is 8.42 Å². The molecule has 9 heteroatoms. The molecule has 1 atom stereocenters. The molecule has 8 nitrogen and oxygen atoms in total. The van der Waals surface area contributed by atoms with Crippen LogP contribution in [0.1, 0.15) is 39.0 Å². The van der Waals surface area contributed by atoms with E-state index in [9.17, 15) is 22.8 Å². The Balaban J connectivity index is 0.000000362. The van der Waals surface area contributed by atoms with Crippen LogP contribution in [0.25, 0.3) is 0 Å². The van der Waals surface area contributed by atoms with Crippen molar-refractivity contribution in [3.05, 3.63) is 0 Å². The number of unbranched alkanes of at least 4 members (excludes halogenated alkanes) is 2. The van der Waals surface area contributed by atoms with Gasteiger partial charge in [-0.3, -0.25) is 24.3 Å². The maximum absolute atomic E-state index is 10.6. The van der Waals surface area contributed by atoms with Gasteiger partial charge >= 0.3 is 5.97 Å². The molecule has 0 spiro atoms. The van der Waals surface area contributed by atoms with Crippen molar-refractivity contribution in [2.24, 2.45) is 0 Å². The van der Waals surface area contributed by atoms with Crippen molar-refractivity contribution in [2.75, 3.05) is 0 Å². The summed E-state index contributed by atoms with van der Waals surface area (Å²) in [6, 6.07) is 0. The van der Waals surface area contributed by atoms with Crippen molar-refractivity contribution < 1.29 is 32.5 Å². The molecular formula is C10H17NO7S. The second kappa shape index (κ2) is 7.85. The maximum atomic E-state index is 10.6. The normalized spacial score (nSPS) is 18.5. The zero-order valence-corrected chi connectivity index (χ0v) is 11.3. The minimum atomic E-state index is -4.42. The molecule has 0 aromatic carbocycles. The smallest absolute Gasteiger partial charge is 0.303 e. The van der Waals surface area contributed by atoms with Gasteiger partial charge in [0.25, 0.3) is 10.1 Å². The summed E-state index contributed by atoms with van der Waals surface area (Å²) in [5.41, 5.74) is 0. The zero-order chi connectivity index (χ0) is 15.1. The highest BCUT2D eigenvalue weighted by molar-refractivity contribution is 7.87. The highest BCUT2D eigenvalue weighted by atomic mass is 32.2. The third-order valence-electron chi connectivity index (χ3n) is 2.28. The largest absolute Gasteiger partial charge is 0.481 e. The van der Waals surface area contributed by atoms with Gasteiger partial charge in [0.05, 0.1) is 6.42 Å². The number of carboxylic acids is 1. The number of nitrogens with one attached hydrogen (secondary N) is 1. The summed E-state index contributed by atoms with van der Waals surface area (Å²) in [6.45, 7) is 2.06. The minimum Gasteiger partial charge on any atom is -0.481 e. The van der Waals surface area contributed by atoms with Gasteiger partial charge in [-0.05, 0) is 6.42 Å². The maximum Gasteiger partial charge on any atom is 0.303 e. The van der Waals surface area contributed by atoms with Crippen LogP contribution in [-0.4, -0.2) is 41.1 Å². The summed E-state index contributed by atoms with van der Waals surface area (Å²) in [4.78, 5) is 30.8. The van der Waals surface area contributed by atoms with Gasteiger partial charge in [-0.15, -0.1) is 0 Å². The molecule has 0 radical (unpaired) electrons. The van der Waals surface area contributed by atoms with Crippen molar-refractivity contribution >= 4 is 27.9 Å². The second-order valence-corrected chi connectivity index (χ2v) is 5.57. The molecular weight excluding hydrogens is 278 g/mol. The first-order valence-electron chi connectivity index (χ1n) is 5.70. The Morgan fingerprint density at radius 1 is 1.37 bits per heavy atom. The number of carbonyl (C=O) groups excluding carboxylic acids is 2. The van der Waals surface area contributed by atoms with Crippen LogP contribution >= 0.6 is 0 Å². The summed E-state index contributed by atoms with van der Waals surface area (Å²) < 4.78 is 29.0. The molecule has 0 aromatic heterocycles. The molecule has 1 aliphatic heterocycles. The standard InChI is InChI=1S/C6H12O2.C4H5NO5S/c1-2-3-4-5-6(7)8;6-3-1-2(4(7)5-3)11(8,9)10/h2-5H2,1H3,(H,7,8);2H,1H2,(H,5,6,7)(H,8,9,10). The Bertz CT molecular complexity index is 443. The summed E-state index contributed by atoms with van der Waals surface area (Å²) in [5.74, 6) is -2.33. The molecule has 0 bridgehead atoms. The molecule has 3 N–H and O–H groups in total. The van der Waals surface area contributed by atoms with Crippen LogP contribution in [0, 0.1) is 0 Å². The zero-order valence-electron chi connectivity index (χ0n) is 10.5. The molecule has 1 unspecified atom stereocenters. The SMILES string of the molecule is CCCCCC(=O)O.O=C1CC(S(=O)(=O)O)C(=O)N1. The average Bonchev–Trinajstić information content (AvgIpc) is 2.58. The molecule has 1 heterocycles. The first kappa shape index (κ1) is 17.5. The van der Waals surface area contributed by atoms with Crippen molar-refractivity contribution in [3.63, 3.8) is 0 Å². The number of aliphatic carboxylic acids is 1. The lowest BCUT2D eigenvalue weighted by Crippen LogP contribution is -2.30. The summed E-state index contributed by atoms with van der Waals surface area (Å²) in [7, 11) is -4.42. The second-order valence-electron chi connectivity index (χ2n) is 3.97. The predicted octanol–water partition coefficient (Wildman–Crippen LogP) is -0.0594. The molecule has 110 valence electrons. The Hall–Kier alpha value is -1.48. The molecule has 0 saturated carbocycles. The Kier molecular flexibility index (Phi) is 7.23. The van der Waals surface area contributed by atoms with E-state index in [4.69, 9.17) is 9.66 Å². The van der Waals surface area contributed by atoms with E-state index in [0.29, 0.717) is 6.42 Å². The van der Waals surface area contributed by atoms with Gasteiger partial charge in [0.2, 0.25) is 11.8 Å². The lowest BCUT2D eigenvalue weighted by Gasteiger charge is -1.98. The molecule has 1 aliphatic rings. The van der Waals surface area contributed by atoms with Crippen molar-refractivity contribution in [3.8, 4) is 0 Å². The van der Waals surface area contributed by atoms with Gasteiger partial charge in [-0.25, -0.2) is 0 Å². The van der Waals surface area contributed by atoms with Crippen molar-refractivity contribution in [1.82, 2.24) is 5.32 Å². The number of hydrogen-bond acceptors (Lipinski definition) is 5. The summed E-state index contributed by atoms with van der Waals surface area (Å²) in [6.07, 6.45) is 2.79.